The second-order valence-electron chi connectivity index (χ2n) is 6.35. The maximum atomic E-state index is 13.1. The number of nitrogens with zero attached hydrogens (tertiary/aromatic N) is 1. The summed E-state index contributed by atoms with van der Waals surface area (Å²) in [6.07, 6.45) is 1.46. The van der Waals surface area contributed by atoms with Crippen molar-refractivity contribution in [1.82, 2.24) is 4.98 Å². The van der Waals surface area contributed by atoms with Crippen LogP contribution in [-0.2, 0) is 10.0 Å². The van der Waals surface area contributed by atoms with Crippen LogP contribution in [0, 0.1) is 0 Å². The zero-order valence-electron chi connectivity index (χ0n) is 17.1. The van der Waals surface area contributed by atoms with Crippen LogP contribution in [0.3, 0.4) is 0 Å². The highest BCUT2D eigenvalue weighted by Crippen LogP contribution is 2.32. The van der Waals surface area contributed by atoms with Gasteiger partial charge in [-0.25, -0.2) is 13.4 Å². The summed E-state index contributed by atoms with van der Waals surface area (Å²) >= 11 is 9.32. The van der Waals surface area contributed by atoms with Crippen molar-refractivity contribution in [3.63, 3.8) is 0 Å². The molecule has 0 bridgehead atoms. The van der Waals surface area contributed by atoms with Crippen molar-refractivity contribution >= 4 is 54.8 Å². The number of halogens is 2. The van der Waals surface area contributed by atoms with Gasteiger partial charge in [0, 0.05) is 11.9 Å². The summed E-state index contributed by atoms with van der Waals surface area (Å²) in [5.74, 6) is 0.173. The Balaban J connectivity index is 1.89. The Morgan fingerprint density at radius 3 is 2.50 bits per heavy atom. The Morgan fingerprint density at radius 2 is 1.84 bits per heavy atom. The minimum Gasteiger partial charge on any atom is -0.495 e. The highest BCUT2D eigenvalue weighted by atomic mass is 79.9. The number of pyridine rings is 1. The lowest BCUT2D eigenvalue weighted by Crippen LogP contribution is -2.16. The van der Waals surface area contributed by atoms with Gasteiger partial charge in [-0.2, -0.15) is 0 Å². The Hall–Kier alpha value is -2.82. The average molecular weight is 541 g/mol. The number of ether oxygens (including phenoxy) is 2. The molecule has 168 valence electrons. The van der Waals surface area contributed by atoms with Crippen LogP contribution < -0.4 is 19.5 Å². The number of anilines is 2. The number of hydrogen-bond donors (Lipinski definition) is 2. The van der Waals surface area contributed by atoms with E-state index < -0.39 is 15.9 Å². The third-order valence-electron chi connectivity index (χ3n) is 4.20. The van der Waals surface area contributed by atoms with Gasteiger partial charge in [0.15, 0.2) is 0 Å². The van der Waals surface area contributed by atoms with E-state index in [9.17, 15) is 13.2 Å². The molecule has 0 radical (unpaired) electrons. The van der Waals surface area contributed by atoms with Crippen LogP contribution in [0.5, 0.6) is 11.5 Å². The summed E-state index contributed by atoms with van der Waals surface area (Å²) in [4.78, 5) is 16.2. The van der Waals surface area contributed by atoms with Crippen LogP contribution in [0.15, 0.2) is 64.1 Å². The SMILES string of the molecule is CCOc1ccc(NS(=O)(=O)c2cc(NC(=O)c3cccnc3Cl)ccc2OC)cc1Br. The van der Waals surface area contributed by atoms with Crippen LogP contribution in [-0.4, -0.2) is 33.0 Å². The maximum absolute atomic E-state index is 13.1. The molecular weight excluding hydrogens is 522 g/mol. The number of methoxy groups -OCH3 is 1. The van der Waals surface area contributed by atoms with Gasteiger partial charge in [-0.15, -0.1) is 0 Å². The van der Waals surface area contributed by atoms with E-state index >= 15 is 0 Å². The first-order valence-corrected chi connectivity index (χ1v) is 12.0. The average Bonchev–Trinajstić information content (AvgIpc) is 2.75. The number of amides is 1. The normalized spacial score (nSPS) is 11.0. The molecule has 1 heterocycles. The molecule has 1 aromatic heterocycles. The lowest BCUT2D eigenvalue weighted by Gasteiger charge is -2.15. The minimum atomic E-state index is -4.06. The van der Waals surface area contributed by atoms with Crippen LogP contribution in [0.2, 0.25) is 5.15 Å². The van der Waals surface area contributed by atoms with E-state index in [1.54, 1.807) is 24.3 Å². The number of sulfonamides is 1. The van der Waals surface area contributed by atoms with Gasteiger partial charge in [-0.05, 0) is 71.4 Å². The van der Waals surface area contributed by atoms with Crippen LogP contribution >= 0.6 is 27.5 Å². The third kappa shape index (κ3) is 5.50. The van der Waals surface area contributed by atoms with Gasteiger partial charge in [0.25, 0.3) is 15.9 Å². The predicted molar refractivity (Wildman–Crippen MR) is 126 cm³/mol. The standard InChI is InChI=1S/C21H19BrClN3O5S/c1-3-31-17-8-7-14(11-16(17)22)26-32(28,29)19-12-13(6-9-18(19)30-2)25-21(27)15-5-4-10-24-20(15)23/h4-12,26H,3H2,1-2H3,(H,25,27). The van der Waals surface area contributed by atoms with Crippen molar-refractivity contribution in [3.05, 3.63) is 69.9 Å². The fourth-order valence-corrected chi connectivity index (χ4v) is 4.71. The molecule has 0 saturated carbocycles. The number of rotatable bonds is 8. The van der Waals surface area contributed by atoms with E-state index in [1.807, 2.05) is 6.92 Å². The molecule has 3 rings (SSSR count). The molecule has 0 spiro atoms. The summed E-state index contributed by atoms with van der Waals surface area (Å²) in [5.41, 5.74) is 0.717. The number of aromatic nitrogens is 1. The first kappa shape index (κ1) is 23.8. The summed E-state index contributed by atoms with van der Waals surface area (Å²) in [6, 6.07) is 12.2. The number of benzene rings is 2. The number of carbonyl (C=O) groups excluding carboxylic acids is 1. The van der Waals surface area contributed by atoms with Gasteiger partial charge >= 0.3 is 0 Å². The minimum absolute atomic E-state index is 0.0362. The van der Waals surface area contributed by atoms with Gasteiger partial charge in [-0.1, -0.05) is 11.6 Å². The molecule has 3 aromatic rings. The molecule has 2 N–H and O–H groups in total. The number of hydrogen-bond acceptors (Lipinski definition) is 6. The first-order valence-electron chi connectivity index (χ1n) is 9.30. The highest BCUT2D eigenvalue weighted by Gasteiger charge is 2.22. The monoisotopic (exact) mass is 539 g/mol. The zero-order chi connectivity index (χ0) is 23.3. The predicted octanol–water partition coefficient (Wildman–Crippen LogP) is 4.96. The second-order valence-corrected chi connectivity index (χ2v) is 9.21. The summed E-state index contributed by atoms with van der Waals surface area (Å²) < 4.78 is 39.9. The van der Waals surface area contributed by atoms with Crippen molar-refractivity contribution in [3.8, 4) is 11.5 Å². The molecule has 0 aliphatic carbocycles. The maximum Gasteiger partial charge on any atom is 0.265 e. The fourth-order valence-electron chi connectivity index (χ4n) is 2.77. The summed E-state index contributed by atoms with van der Waals surface area (Å²) in [6.45, 7) is 2.33. The van der Waals surface area contributed by atoms with E-state index in [0.29, 0.717) is 22.5 Å². The van der Waals surface area contributed by atoms with Crippen molar-refractivity contribution in [2.24, 2.45) is 0 Å². The molecule has 0 fully saturated rings. The number of carbonyl (C=O) groups is 1. The molecule has 32 heavy (non-hydrogen) atoms. The lowest BCUT2D eigenvalue weighted by atomic mass is 10.2. The molecule has 0 unspecified atom stereocenters. The molecule has 11 heteroatoms. The Kier molecular flexibility index (Phi) is 7.60. The molecule has 1 amide bonds. The van der Waals surface area contributed by atoms with E-state index in [4.69, 9.17) is 21.1 Å². The highest BCUT2D eigenvalue weighted by molar-refractivity contribution is 9.10. The van der Waals surface area contributed by atoms with E-state index in [-0.39, 0.29) is 27.0 Å². The largest absolute Gasteiger partial charge is 0.495 e. The van der Waals surface area contributed by atoms with Crippen LogP contribution in [0.25, 0.3) is 0 Å². The van der Waals surface area contributed by atoms with E-state index in [0.717, 1.165) is 0 Å². The first-order chi connectivity index (χ1) is 15.2. The second kappa shape index (κ2) is 10.2. The fraction of sp³-hybridized carbons (Fsp3) is 0.143. The summed E-state index contributed by atoms with van der Waals surface area (Å²) in [5, 5.41) is 2.66. The van der Waals surface area contributed by atoms with Crippen LogP contribution in [0.4, 0.5) is 11.4 Å². The van der Waals surface area contributed by atoms with E-state index in [1.165, 1.54) is 37.6 Å². The van der Waals surface area contributed by atoms with Gasteiger partial charge < -0.3 is 14.8 Å². The molecule has 2 aromatic carbocycles. The zero-order valence-corrected chi connectivity index (χ0v) is 20.2. The Labute approximate surface area is 199 Å². The van der Waals surface area contributed by atoms with Gasteiger partial charge in [0.2, 0.25) is 0 Å². The molecule has 0 atom stereocenters. The Bertz CT molecular complexity index is 1250. The third-order valence-corrected chi connectivity index (χ3v) is 6.52. The molecule has 0 aliphatic heterocycles. The van der Waals surface area contributed by atoms with Gasteiger partial charge in [-0.3, -0.25) is 9.52 Å². The van der Waals surface area contributed by atoms with Gasteiger partial charge in [0.1, 0.15) is 21.5 Å². The van der Waals surface area contributed by atoms with Crippen LogP contribution in [0.1, 0.15) is 17.3 Å². The summed E-state index contributed by atoms with van der Waals surface area (Å²) in [7, 11) is -2.70. The van der Waals surface area contributed by atoms with E-state index in [2.05, 4.69) is 31.0 Å². The van der Waals surface area contributed by atoms with Crippen molar-refractivity contribution in [1.29, 1.82) is 0 Å². The van der Waals surface area contributed by atoms with Crippen molar-refractivity contribution < 1.29 is 22.7 Å². The lowest BCUT2D eigenvalue weighted by molar-refractivity contribution is 0.102. The molecular formula is C21H19BrClN3O5S. The van der Waals surface area contributed by atoms with Crippen molar-refractivity contribution in [2.75, 3.05) is 23.8 Å². The topological polar surface area (TPSA) is 107 Å². The van der Waals surface area contributed by atoms with Crippen molar-refractivity contribution in [2.45, 2.75) is 11.8 Å². The smallest absolute Gasteiger partial charge is 0.265 e. The number of nitrogens with one attached hydrogen (secondary N) is 2. The quantitative estimate of drug-likeness (QED) is 0.391. The Morgan fingerprint density at radius 1 is 1.12 bits per heavy atom. The molecule has 0 aliphatic rings. The van der Waals surface area contributed by atoms with Gasteiger partial charge in [0.05, 0.1) is 29.4 Å². The molecule has 0 saturated heterocycles. The molecule has 8 nitrogen and oxygen atoms in total.